The van der Waals surface area contributed by atoms with E-state index in [0.717, 1.165) is 38.5 Å². The summed E-state index contributed by atoms with van der Waals surface area (Å²) in [6.07, 6.45) is 23.2. The van der Waals surface area contributed by atoms with Gasteiger partial charge in [0.05, 0.1) is 13.2 Å². The van der Waals surface area contributed by atoms with Gasteiger partial charge in [0.15, 0.2) is 0 Å². The lowest BCUT2D eigenvalue weighted by Crippen LogP contribution is -2.64. The van der Waals surface area contributed by atoms with Crippen LogP contribution in [0.2, 0.25) is 0 Å². The number of ether oxygens (including phenoxy) is 2. The van der Waals surface area contributed by atoms with Gasteiger partial charge in [-0.05, 0) is 12.8 Å². The Labute approximate surface area is 340 Å². The Hall–Kier alpha value is -0.660. The molecular weight excluding hydrogens is 739 g/mol. The third-order valence-electron chi connectivity index (χ3n) is 11.0. The summed E-state index contributed by atoms with van der Waals surface area (Å²) in [5.41, 5.74) is 0. The van der Waals surface area contributed by atoms with E-state index < -0.39 is 63.1 Å². The normalized spacial score (nSPS) is 22.9. The number of carbonyl (C=O) groups excluding carboxylic acids is 1. The summed E-state index contributed by atoms with van der Waals surface area (Å²) in [4.78, 5) is 23.1. The summed E-state index contributed by atoms with van der Waals surface area (Å²) >= 11 is 0. The summed E-state index contributed by atoms with van der Waals surface area (Å²) in [6.45, 7) is 4.28. The standard InChI is InChI=1S/C43H85O12P/c1-3-5-7-9-11-13-15-16-17-18-19-20-21-22-24-26-28-30-32-37(44)54-36(34-52-33-31-29-27-25-23-14-12-10-8-6-4-2)35-53-56(50,51)55-43-41(48)39(46)38(45)40(47)42(43)49/h36,38-43,45-49H,3-35H2,1-2H3,(H,50,51). The Bertz CT molecular complexity index is 942. The van der Waals surface area contributed by atoms with E-state index in [1.54, 1.807) is 0 Å². The molecule has 12 nitrogen and oxygen atoms in total. The fourth-order valence-electron chi connectivity index (χ4n) is 7.30. The van der Waals surface area contributed by atoms with E-state index in [4.69, 9.17) is 18.5 Å². The molecule has 6 N–H and O–H groups in total. The van der Waals surface area contributed by atoms with Crippen LogP contribution in [0.5, 0.6) is 0 Å². The Morgan fingerprint density at radius 1 is 0.500 bits per heavy atom. The summed E-state index contributed by atoms with van der Waals surface area (Å²) in [5.74, 6) is -0.472. The number of rotatable bonds is 39. The highest BCUT2D eigenvalue weighted by Crippen LogP contribution is 2.47. The molecule has 0 radical (unpaired) electrons. The minimum absolute atomic E-state index is 0.0685. The van der Waals surface area contributed by atoms with Crippen molar-refractivity contribution in [2.75, 3.05) is 19.8 Å². The molecule has 0 aromatic carbocycles. The van der Waals surface area contributed by atoms with Crippen molar-refractivity contribution in [1.82, 2.24) is 0 Å². The van der Waals surface area contributed by atoms with Crippen molar-refractivity contribution in [3.63, 3.8) is 0 Å². The van der Waals surface area contributed by atoms with Crippen molar-refractivity contribution in [2.45, 2.75) is 249 Å². The Morgan fingerprint density at radius 2 is 0.839 bits per heavy atom. The van der Waals surface area contributed by atoms with Crippen LogP contribution in [0, 0.1) is 0 Å². The van der Waals surface area contributed by atoms with Crippen LogP contribution < -0.4 is 0 Å². The van der Waals surface area contributed by atoms with Gasteiger partial charge in [-0.25, -0.2) is 4.57 Å². The molecule has 1 aliphatic rings. The molecule has 0 aliphatic heterocycles. The molecule has 1 fully saturated rings. The maximum Gasteiger partial charge on any atom is 0.472 e. The Morgan fingerprint density at radius 3 is 1.23 bits per heavy atom. The average Bonchev–Trinajstić information content (AvgIpc) is 3.18. The van der Waals surface area contributed by atoms with Crippen LogP contribution in [0.1, 0.15) is 206 Å². The van der Waals surface area contributed by atoms with Crippen molar-refractivity contribution in [3.05, 3.63) is 0 Å². The van der Waals surface area contributed by atoms with Crippen LogP contribution in [0.4, 0.5) is 0 Å². The van der Waals surface area contributed by atoms with Crippen LogP contribution in [0.15, 0.2) is 0 Å². The molecule has 1 rings (SSSR count). The van der Waals surface area contributed by atoms with E-state index in [0.29, 0.717) is 13.0 Å². The second kappa shape index (κ2) is 35.1. The monoisotopic (exact) mass is 825 g/mol. The van der Waals surface area contributed by atoms with E-state index in [-0.39, 0.29) is 13.0 Å². The molecule has 6 unspecified atom stereocenters. The molecule has 0 aromatic heterocycles. The van der Waals surface area contributed by atoms with Gasteiger partial charge < -0.3 is 39.9 Å². The topological polar surface area (TPSA) is 192 Å². The second-order valence-corrected chi connectivity index (χ2v) is 17.7. The lowest BCUT2D eigenvalue weighted by atomic mass is 9.85. The lowest BCUT2D eigenvalue weighted by molar-refractivity contribution is -0.220. The quantitative estimate of drug-likeness (QED) is 0.0196. The Balaban J connectivity index is 2.36. The van der Waals surface area contributed by atoms with Gasteiger partial charge in [-0.2, -0.15) is 0 Å². The predicted molar refractivity (Wildman–Crippen MR) is 221 cm³/mol. The minimum atomic E-state index is -5.00. The van der Waals surface area contributed by atoms with Crippen LogP contribution in [0.25, 0.3) is 0 Å². The van der Waals surface area contributed by atoms with Gasteiger partial charge in [0, 0.05) is 13.0 Å². The third-order valence-corrected chi connectivity index (χ3v) is 12.0. The summed E-state index contributed by atoms with van der Waals surface area (Å²) in [6, 6.07) is 0. The van der Waals surface area contributed by atoms with Gasteiger partial charge in [0.2, 0.25) is 0 Å². The molecule has 0 aromatic rings. The van der Waals surface area contributed by atoms with Gasteiger partial charge in [-0.15, -0.1) is 0 Å². The molecule has 0 saturated heterocycles. The number of esters is 1. The van der Waals surface area contributed by atoms with Crippen molar-refractivity contribution >= 4 is 13.8 Å². The van der Waals surface area contributed by atoms with E-state index in [9.17, 15) is 39.8 Å². The van der Waals surface area contributed by atoms with Gasteiger partial charge >= 0.3 is 13.8 Å². The maximum atomic E-state index is 12.8. The second-order valence-electron chi connectivity index (χ2n) is 16.3. The molecule has 13 heteroatoms. The van der Waals surface area contributed by atoms with Crippen LogP contribution in [-0.4, -0.2) is 98.9 Å². The highest BCUT2D eigenvalue weighted by Gasteiger charge is 2.51. The van der Waals surface area contributed by atoms with Crippen molar-refractivity contribution < 1.29 is 58.3 Å². The van der Waals surface area contributed by atoms with E-state index >= 15 is 0 Å². The zero-order chi connectivity index (χ0) is 41.3. The molecule has 0 amide bonds. The number of hydrogen-bond acceptors (Lipinski definition) is 11. The molecule has 0 heterocycles. The molecule has 334 valence electrons. The van der Waals surface area contributed by atoms with Crippen molar-refractivity contribution in [2.24, 2.45) is 0 Å². The van der Waals surface area contributed by atoms with Gasteiger partial charge in [-0.1, -0.05) is 187 Å². The fourth-order valence-corrected chi connectivity index (χ4v) is 8.27. The summed E-state index contributed by atoms with van der Waals surface area (Å²) < 4.78 is 34.1. The Kier molecular flexibility index (Phi) is 33.5. The maximum absolute atomic E-state index is 12.8. The molecule has 0 bridgehead atoms. The first-order valence-electron chi connectivity index (χ1n) is 22.9. The number of aliphatic hydroxyl groups is 5. The van der Waals surface area contributed by atoms with E-state index in [2.05, 4.69) is 13.8 Å². The van der Waals surface area contributed by atoms with Crippen molar-refractivity contribution in [3.8, 4) is 0 Å². The zero-order valence-electron chi connectivity index (χ0n) is 35.5. The minimum Gasteiger partial charge on any atom is -0.457 e. The number of hydrogen-bond donors (Lipinski definition) is 6. The molecule has 6 atom stereocenters. The van der Waals surface area contributed by atoms with Crippen molar-refractivity contribution in [1.29, 1.82) is 0 Å². The first-order valence-corrected chi connectivity index (χ1v) is 24.4. The largest absolute Gasteiger partial charge is 0.472 e. The highest BCUT2D eigenvalue weighted by molar-refractivity contribution is 7.47. The number of phosphoric acid groups is 1. The van der Waals surface area contributed by atoms with Gasteiger partial charge in [-0.3, -0.25) is 13.8 Å². The van der Waals surface area contributed by atoms with Gasteiger partial charge in [0.25, 0.3) is 0 Å². The molecule has 56 heavy (non-hydrogen) atoms. The first kappa shape index (κ1) is 53.4. The molecular formula is C43H85O12P. The SMILES string of the molecule is CCCCCCCCCCCCCCCCCCCCC(=O)OC(COCCCCCCCCCCCCC)COP(=O)(O)OC1C(O)C(O)C(O)C(O)C1O. The molecule has 0 spiro atoms. The smallest absolute Gasteiger partial charge is 0.457 e. The lowest BCUT2D eigenvalue weighted by Gasteiger charge is -2.41. The van der Waals surface area contributed by atoms with E-state index in [1.807, 2.05) is 0 Å². The van der Waals surface area contributed by atoms with Crippen LogP contribution >= 0.6 is 7.82 Å². The zero-order valence-corrected chi connectivity index (χ0v) is 36.4. The number of aliphatic hydroxyl groups excluding tert-OH is 5. The predicted octanol–water partition coefficient (Wildman–Crippen LogP) is 8.98. The summed E-state index contributed by atoms with van der Waals surface area (Å²) in [7, 11) is -5.00. The molecule has 1 saturated carbocycles. The average molecular weight is 825 g/mol. The number of carbonyl (C=O) groups is 1. The number of phosphoric ester groups is 1. The fraction of sp³-hybridized carbons (Fsp3) is 0.977. The highest BCUT2D eigenvalue weighted by atomic mass is 31.2. The van der Waals surface area contributed by atoms with Gasteiger partial charge in [0.1, 0.15) is 42.7 Å². The summed E-state index contributed by atoms with van der Waals surface area (Å²) in [5, 5.41) is 50.1. The van der Waals surface area contributed by atoms with Crippen LogP contribution in [0.3, 0.4) is 0 Å². The van der Waals surface area contributed by atoms with Crippen LogP contribution in [-0.2, 0) is 27.9 Å². The number of unbranched alkanes of at least 4 members (excludes halogenated alkanes) is 27. The first-order chi connectivity index (χ1) is 27.0. The molecule has 1 aliphatic carbocycles. The van der Waals surface area contributed by atoms with E-state index in [1.165, 1.54) is 141 Å². The third kappa shape index (κ3) is 27.2.